The molecule has 37 heavy (non-hydrogen) atoms. The highest BCUT2D eigenvalue weighted by Crippen LogP contribution is 2.47. The zero-order valence-electron chi connectivity index (χ0n) is 21.3. The van der Waals surface area contributed by atoms with Gasteiger partial charge in [-0.15, -0.1) is 0 Å². The Hall–Kier alpha value is -3.79. The van der Waals surface area contributed by atoms with Crippen molar-refractivity contribution in [2.75, 3.05) is 26.9 Å². The molecule has 2 atom stereocenters. The number of aliphatic hydroxyl groups is 1. The Morgan fingerprint density at radius 3 is 2.41 bits per heavy atom. The Bertz CT molecular complexity index is 1180. The first kappa shape index (κ1) is 26.3. The molecule has 0 radical (unpaired) electrons. The van der Waals surface area contributed by atoms with Crippen LogP contribution < -0.4 is 14.2 Å². The van der Waals surface area contributed by atoms with Crippen molar-refractivity contribution in [3.63, 3.8) is 0 Å². The van der Waals surface area contributed by atoms with Gasteiger partial charge in [0.1, 0.15) is 5.75 Å². The number of benzene rings is 2. The third-order valence-corrected chi connectivity index (χ3v) is 6.50. The minimum atomic E-state index is -2.38. The molecule has 1 N–H and O–H groups in total. The quantitative estimate of drug-likeness (QED) is 0.398. The van der Waals surface area contributed by atoms with Gasteiger partial charge < -0.3 is 33.7 Å². The average molecular weight is 514 g/mol. The van der Waals surface area contributed by atoms with E-state index in [2.05, 4.69) is 0 Å². The van der Waals surface area contributed by atoms with E-state index in [0.29, 0.717) is 24.2 Å². The summed E-state index contributed by atoms with van der Waals surface area (Å²) in [6, 6.07) is 10.2. The average Bonchev–Trinajstić information content (AvgIpc) is 3.49. The van der Waals surface area contributed by atoms with E-state index in [-0.39, 0.29) is 43.2 Å². The molecule has 0 unspecified atom stereocenters. The number of rotatable bonds is 9. The molecular weight excluding hydrogens is 482 g/mol. The highest BCUT2D eigenvalue weighted by atomic mass is 16.8. The van der Waals surface area contributed by atoms with Crippen LogP contribution >= 0.6 is 0 Å². The van der Waals surface area contributed by atoms with Crippen molar-refractivity contribution in [3.8, 4) is 17.2 Å². The second kappa shape index (κ2) is 10.7. The highest BCUT2D eigenvalue weighted by molar-refractivity contribution is 6.03. The number of nitrogens with zero attached hydrogens (tertiary/aromatic N) is 1. The molecule has 1 heterocycles. The molecule has 10 heteroatoms. The molecule has 2 aromatic rings. The number of carbonyl (C=O) groups is 3. The van der Waals surface area contributed by atoms with Crippen molar-refractivity contribution < 1.29 is 43.2 Å². The lowest BCUT2D eigenvalue weighted by Gasteiger charge is -2.30. The lowest BCUT2D eigenvalue weighted by Crippen LogP contribution is -2.56. The van der Waals surface area contributed by atoms with E-state index in [4.69, 9.17) is 23.7 Å². The Kier molecular flexibility index (Phi) is 7.58. The van der Waals surface area contributed by atoms with E-state index in [1.165, 1.54) is 6.92 Å². The largest absolute Gasteiger partial charge is 0.497 e. The van der Waals surface area contributed by atoms with Crippen LogP contribution in [0.2, 0.25) is 0 Å². The molecule has 198 valence electrons. The van der Waals surface area contributed by atoms with Crippen molar-refractivity contribution >= 4 is 17.8 Å². The number of esters is 2. The van der Waals surface area contributed by atoms with Crippen LogP contribution in [0.1, 0.15) is 43.6 Å². The minimum absolute atomic E-state index is 0.0203. The molecule has 0 bridgehead atoms. The number of aliphatic hydroxyl groups excluding tert-OH is 1. The third kappa shape index (κ3) is 4.93. The topological polar surface area (TPSA) is 121 Å². The van der Waals surface area contributed by atoms with Crippen molar-refractivity contribution in [2.45, 2.75) is 51.5 Å². The van der Waals surface area contributed by atoms with Gasteiger partial charge in [0.15, 0.2) is 11.5 Å². The number of methoxy groups -OCH3 is 1. The Morgan fingerprint density at radius 2 is 1.78 bits per heavy atom. The molecule has 2 aromatic carbocycles. The molecule has 1 aliphatic carbocycles. The Labute approximate surface area is 215 Å². The summed E-state index contributed by atoms with van der Waals surface area (Å²) < 4.78 is 27.0. The highest BCUT2D eigenvalue weighted by Gasteiger charge is 2.60. The van der Waals surface area contributed by atoms with Gasteiger partial charge in [0, 0.05) is 18.5 Å². The predicted molar refractivity (Wildman–Crippen MR) is 130 cm³/mol. The van der Waals surface area contributed by atoms with Gasteiger partial charge in [-0.2, -0.15) is 0 Å². The van der Waals surface area contributed by atoms with Gasteiger partial charge in [0.25, 0.3) is 0 Å². The maximum absolute atomic E-state index is 12.8. The van der Waals surface area contributed by atoms with E-state index in [1.54, 1.807) is 56.2 Å². The summed E-state index contributed by atoms with van der Waals surface area (Å²) in [4.78, 5) is 39.8. The first-order valence-corrected chi connectivity index (χ1v) is 12.2. The van der Waals surface area contributed by atoms with Crippen LogP contribution in [0.25, 0.3) is 0 Å². The normalized spacial score (nSPS) is 17.5. The fraction of sp³-hybridized carbons (Fsp3) is 0.444. The van der Waals surface area contributed by atoms with E-state index >= 15 is 0 Å². The Morgan fingerprint density at radius 1 is 1.08 bits per heavy atom. The van der Waals surface area contributed by atoms with Gasteiger partial charge in [0.2, 0.25) is 5.91 Å². The van der Waals surface area contributed by atoms with Gasteiger partial charge in [0.05, 0.1) is 33.0 Å². The lowest BCUT2D eigenvalue weighted by molar-refractivity contribution is -0.202. The van der Waals surface area contributed by atoms with Gasteiger partial charge >= 0.3 is 17.7 Å². The maximum atomic E-state index is 12.8. The lowest BCUT2D eigenvalue weighted by atomic mass is 10.1. The molecule has 1 aliphatic heterocycles. The zero-order chi connectivity index (χ0) is 26.7. The first-order chi connectivity index (χ1) is 17.7. The summed E-state index contributed by atoms with van der Waals surface area (Å²) in [7, 11) is 1.55. The molecule has 0 spiro atoms. The SMILES string of the molecule is CCOC(=O)C1(C(=O)OCC)Oc2ccc3c(c2O1)C[C@H](N(C[C@@H](O)c1cccc(OC)c1)C(C)=O)C3. The van der Waals surface area contributed by atoms with Gasteiger partial charge in [-0.05, 0) is 56.0 Å². The van der Waals surface area contributed by atoms with Crippen LogP contribution in [0.5, 0.6) is 17.2 Å². The summed E-state index contributed by atoms with van der Waals surface area (Å²) >= 11 is 0. The van der Waals surface area contributed by atoms with Gasteiger partial charge in [-0.25, -0.2) is 9.59 Å². The van der Waals surface area contributed by atoms with E-state index in [0.717, 1.165) is 11.1 Å². The van der Waals surface area contributed by atoms with Crippen molar-refractivity contribution in [1.29, 1.82) is 0 Å². The zero-order valence-corrected chi connectivity index (χ0v) is 21.3. The van der Waals surface area contributed by atoms with Crippen LogP contribution in [0.4, 0.5) is 0 Å². The number of amides is 1. The van der Waals surface area contributed by atoms with Crippen LogP contribution in [0.3, 0.4) is 0 Å². The number of hydrogen-bond acceptors (Lipinski definition) is 9. The van der Waals surface area contributed by atoms with Crippen molar-refractivity contribution in [3.05, 3.63) is 53.1 Å². The molecule has 0 saturated heterocycles. The van der Waals surface area contributed by atoms with Crippen LogP contribution in [0, 0.1) is 0 Å². The molecule has 10 nitrogen and oxygen atoms in total. The second-order valence-corrected chi connectivity index (χ2v) is 8.82. The molecule has 0 fully saturated rings. The summed E-state index contributed by atoms with van der Waals surface area (Å²) in [6.07, 6.45) is -0.0378. The smallest absolute Gasteiger partial charge is 0.453 e. The summed E-state index contributed by atoms with van der Waals surface area (Å²) in [5.41, 5.74) is 2.24. The summed E-state index contributed by atoms with van der Waals surface area (Å²) in [6.45, 7) is 4.79. The minimum Gasteiger partial charge on any atom is -0.497 e. The summed E-state index contributed by atoms with van der Waals surface area (Å²) in [5, 5.41) is 10.9. The number of fused-ring (bicyclic) bond motifs is 3. The maximum Gasteiger partial charge on any atom is 0.453 e. The predicted octanol–water partition coefficient (Wildman–Crippen LogP) is 2.34. The second-order valence-electron chi connectivity index (χ2n) is 8.82. The standard InChI is InChI=1S/C27H31NO9/c1-5-34-25(31)27(26(32)35-6-2)36-23-11-10-17-12-19(14-21(17)24(23)37-27)28(16(3)29)15-22(30)18-8-7-9-20(13-18)33-4/h7-11,13,19,22,30H,5-6,12,14-15H2,1-4H3/t19-,22-/m1/s1. The van der Waals surface area contributed by atoms with Crippen LogP contribution in [0.15, 0.2) is 36.4 Å². The van der Waals surface area contributed by atoms with Gasteiger partial charge in [-0.3, -0.25) is 4.79 Å². The molecular formula is C27H31NO9. The number of carbonyl (C=O) groups excluding carboxylic acids is 3. The third-order valence-electron chi connectivity index (χ3n) is 6.50. The molecule has 0 saturated carbocycles. The molecule has 2 aliphatic rings. The summed E-state index contributed by atoms with van der Waals surface area (Å²) in [5.74, 6) is -3.51. The molecule has 0 aromatic heterocycles. The van der Waals surface area contributed by atoms with E-state index < -0.39 is 23.8 Å². The van der Waals surface area contributed by atoms with Crippen LogP contribution in [-0.4, -0.2) is 66.5 Å². The fourth-order valence-corrected chi connectivity index (χ4v) is 4.73. The first-order valence-electron chi connectivity index (χ1n) is 12.2. The van der Waals surface area contributed by atoms with Crippen LogP contribution in [-0.2, 0) is 36.7 Å². The monoisotopic (exact) mass is 513 g/mol. The number of hydrogen-bond donors (Lipinski definition) is 1. The van der Waals surface area contributed by atoms with Gasteiger partial charge in [-0.1, -0.05) is 18.2 Å². The van der Waals surface area contributed by atoms with E-state index in [1.807, 2.05) is 6.07 Å². The number of ether oxygens (including phenoxy) is 5. The fourth-order valence-electron chi connectivity index (χ4n) is 4.73. The Balaban J connectivity index is 1.58. The molecule has 4 rings (SSSR count). The van der Waals surface area contributed by atoms with E-state index in [9.17, 15) is 19.5 Å². The van der Waals surface area contributed by atoms with Crippen molar-refractivity contribution in [2.24, 2.45) is 0 Å². The molecule has 1 amide bonds. The van der Waals surface area contributed by atoms with Crippen molar-refractivity contribution in [1.82, 2.24) is 4.90 Å².